The first kappa shape index (κ1) is 9.71. The van der Waals surface area contributed by atoms with Gasteiger partial charge in [-0.05, 0) is 6.92 Å². The van der Waals surface area contributed by atoms with Crippen LogP contribution in [0.1, 0.15) is 11.4 Å². The second-order valence-electron chi connectivity index (χ2n) is 2.26. The van der Waals surface area contributed by atoms with E-state index >= 15 is 0 Å². The maximum atomic E-state index is 5.80. The van der Waals surface area contributed by atoms with Crippen LogP contribution in [-0.2, 0) is 11.3 Å². The van der Waals surface area contributed by atoms with Gasteiger partial charge < -0.3 is 4.74 Å². The zero-order chi connectivity index (χ0) is 9.14. The van der Waals surface area contributed by atoms with Gasteiger partial charge in [0.05, 0.1) is 12.2 Å². The molecule has 0 aliphatic carbocycles. The summed E-state index contributed by atoms with van der Waals surface area (Å²) < 4.78 is 4.88. The van der Waals surface area contributed by atoms with E-state index in [4.69, 9.17) is 27.9 Å². The molecule has 0 atom stereocenters. The lowest BCUT2D eigenvalue weighted by atomic mass is 10.3. The fraction of sp³-hybridized carbons (Fsp3) is 0.429. The van der Waals surface area contributed by atoms with E-state index in [2.05, 4.69) is 9.97 Å². The number of ether oxygens (including phenoxy) is 1. The van der Waals surface area contributed by atoms with Crippen molar-refractivity contribution in [3.63, 3.8) is 0 Å². The standard InChI is InChI=1S/C7H8Cl2N2O/c1-4-10-6(8)5(3-12-2)7(9)11-4/h3H2,1-2H3. The van der Waals surface area contributed by atoms with E-state index in [0.29, 0.717) is 28.3 Å². The summed E-state index contributed by atoms with van der Waals surface area (Å²) in [6, 6.07) is 0. The van der Waals surface area contributed by atoms with Crippen LogP contribution in [0.25, 0.3) is 0 Å². The maximum Gasteiger partial charge on any atom is 0.139 e. The third-order valence-corrected chi connectivity index (χ3v) is 1.93. The normalized spacial score (nSPS) is 10.3. The Balaban J connectivity index is 3.10. The number of aryl methyl sites for hydroxylation is 1. The average molecular weight is 207 g/mol. The maximum absolute atomic E-state index is 5.80. The summed E-state index contributed by atoms with van der Waals surface area (Å²) in [4.78, 5) is 7.89. The van der Waals surface area contributed by atoms with Crippen molar-refractivity contribution in [3.8, 4) is 0 Å². The van der Waals surface area contributed by atoms with Crippen LogP contribution in [0.5, 0.6) is 0 Å². The fourth-order valence-electron chi connectivity index (χ4n) is 0.793. The van der Waals surface area contributed by atoms with Gasteiger partial charge in [-0.2, -0.15) is 0 Å². The first-order valence-electron chi connectivity index (χ1n) is 3.32. The van der Waals surface area contributed by atoms with Gasteiger partial charge in [0.15, 0.2) is 0 Å². The van der Waals surface area contributed by atoms with Crippen LogP contribution in [0.3, 0.4) is 0 Å². The van der Waals surface area contributed by atoms with Crippen LogP contribution >= 0.6 is 23.2 Å². The molecule has 0 aliphatic rings. The molecule has 0 amide bonds. The monoisotopic (exact) mass is 206 g/mol. The Hall–Kier alpha value is -0.380. The summed E-state index contributed by atoms with van der Waals surface area (Å²) in [5.74, 6) is 0.560. The van der Waals surface area contributed by atoms with Crippen LogP contribution < -0.4 is 0 Å². The Bertz CT molecular complexity index is 268. The zero-order valence-corrected chi connectivity index (χ0v) is 8.28. The Morgan fingerprint density at radius 1 is 1.25 bits per heavy atom. The number of halogens is 2. The molecule has 0 radical (unpaired) electrons. The third kappa shape index (κ3) is 2.06. The van der Waals surface area contributed by atoms with E-state index in [1.165, 1.54) is 0 Å². The Labute approximate surface area is 80.7 Å². The minimum Gasteiger partial charge on any atom is -0.380 e. The molecule has 0 unspecified atom stereocenters. The second kappa shape index (κ2) is 4.03. The zero-order valence-electron chi connectivity index (χ0n) is 6.77. The molecule has 0 aliphatic heterocycles. The van der Waals surface area contributed by atoms with Crippen LogP contribution in [0, 0.1) is 6.92 Å². The number of methoxy groups -OCH3 is 1. The van der Waals surface area contributed by atoms with Gasteiger partial charge in [0, 0.05) is 7.11 Å². The van der Waals surface area contributed by atoms with Crippen LogP contribution in [0.4, 0.5) is 0 Å². The van der Waals surface area contributed by atoms with Gasteiger partial charge in [-0.25, -0.2) is 9.97 Å². The molecule has 5 heteroatoms. The largest absolute Gasteiger partial charge is 0.380 e. The number of hydrogen-bond donors (Lipinski definition) is 0. The Kier molecular flexibility index (Phi) is 3.26. The van der Waals surface area contributed by atoms with Crippen LogP contribution in [0.15, 0.2) is 0 Å². The van der Waals surface area contributed by atoms with Gasteiger partial charge >= 0.3 is 0 Å². The van der Waals surface area contributed by atoms with Crippen molar-refractivity contribution < 1.29 is 4.74 Å². The third-order valence-electron chi connectivity index (χ3n) is 1.31. The van der Waals surface area contributed by atoms with Gasteiger partial charge in [0.2, 0.25) is 0 Å². The van der Waals surface area contributed by atoms with Gasteiger partial charge in [-0.1, -0.05) is 23.2 Å². The summed E-state index contributed by atoms with van der Waals surface area (Å²) >= 11 is 11.6. The van der Waals surface area contributed by atoms with Crippen molar-refractivity contribution in [2.24, 2.45) is 0 Å². The van der Waals surface area contributed by atoms with E-state index in [1.807, 2.05) is 0 Å². The fourth-order valence-corrected chi connectivity index (χ4v) is 1.37. The number of rotatable bonds is 2. The van der Waals surface area contributed by atoms with Gasteiger partial charge in [0.25, 0.3) is 0 Å². The SMILES string of the molecule is COCc1c(Cl)nc(C)nc1Cl. The molecule has 0 bridgehead atoms. The van der Waals surface area contributed by atoms with Crippen LogP contribution in [-0.4, -0.2) is 17.1 Å². The van der Waals surface area contributed by atoms with Crippen molar-refractivity contribution in [3.05, 3.63) is 21.7 Å². The van der Waals surface area contributed by atoms with Crippen molar-refractivity contribution in [1.82, 2.24) is 9.97 Å². The highest BCUT2D eigenvalue weighted by molar-refractivity contribution is 6.34. The minimum absolute atomic E-state index is 0.331. The van der Waals surface area contributed by atoms with Crippen molar-refractivity contribution in [2.45, 2.75) is 13.5 Å². The molecule has 1 aromatic rings. The highest BCUT2D eigenvalue weighted by Gasteiger charge is 2.08. The quantitative estimate of drug-likeness (QED) is 0.697. The average Bonchev–Trinajstić information content (AvgIpc) is 1.96. The highest BCUT2D eigenvalue weighted by Crippen LogP contribution is 2.21. The van der Waals surface area contributed by atoms with E-state index in [1.54, 1.807) is 14.0 Å². The predicted octanol–water partition coefficient (Wildman–Crippen LogP) is 2.24. The van der Waals surface area contributed by atoms with E-state index in [-0.39, 0.29) is 0 Å². The molecule has 1 aromatic heterocycles. The molecule has 66 valence electrons. The lowest BCUT2D eigenvalue weighted by molar-refractivity contribution is 0.184. The van der Waals surface area contributed by atoms with Crippen LogP contribution in [0.2, 0.25) is 10.3 Å². The topological polar surface area (TPSA) is 35.0 Å². The van der Waals surface area contributed by atoms with E-state index in [9.17, 15) is 0 Å². The summed E-state index contributed by atoms with van der Waals surface area (Å²) in [5, 5.41) is 0.712. The molecule has 0 N–H and O–H groups in total. The Morgan fingerprint density at radius 2 is 1.75 bits per heavy atom. The molecule has 1 heterocycles. The summed E-state index contributed by atoms with van der Waals surface area (Å²) in [6.07, 6.45) is 0. The number of nitrogens with zero attached hydrogens (tertiary/aromatic N) is 2. The highest BCUT2D eigenvalue weighted by atomic mass is 35.5. The molecule has 0 fully saturated rings. The minimum atomic E-state index is 0.331. The smallest absolute Gasteiger partial charge is 0.139 e. The number of hydrogen-bond acceptors (Lipinski definition) is 3. The second-order valence-corrected chi connectivity index (χ2v) is 2.98. The lowest BCUT2D eigenvalue weighted by Crippen LogP contribution is -1.98. The molecule has 0 saturated heterocycles. The van der Waals surface area contributed by atoms with Gasteiger partial charge in [-0.15, -0.1) is 0 Å². The Morgan fingerprint density at radius 3 is 2.17 bits per heavy atom. The summed E-state index contributed by atoms with van der Waals surface area (Å²) in [7, 11) is 1.56. The van der Waals surface area contributed by atoms with E-state index < -0.39 is 0 Å². The van der Waals surface area contributed by atoms with Crippen molar-refractivity contribution in [2.75, 3.05) is 7.11 Å². The lowest BCUT2D eigenvalue weighted by Gasteiger charge is -2.04. The molecule has 0 saturated carbocycles. The van der Waals surface area contributed by atoms with Crippen molar-refractivity contribution in [1.29, 1.82) is 0 Å². The summed E-state index contributed by atoms with van der Waals surface area (Å²) in [5.41, 5.74) is 0.631. The molecule has 0 aromatic carbocycles. The van der Waals surface area contributed by atoms with Gasteiger partial charge in [0.1, 0.15) is 16.1 Å². The summed E-state index contributed by atoms with van der Waals surface area (Å²) in [6.45, 7) is 2.06. The van der Waals surface area contributed by atoms with Gasteiger partial charge in [-0.3, -0.25) is 0 Å². The van der Waals surface area contributed by atoms with Crippen molar-refractivity contribution >= 4 is 23.2 Å². The molecule has 1 rings (SSSR count). The molecule has 12 heavy (non-hydrogen) atoms. The number of aromatic nitrogens is 2. The molecular weight excluding hydrogens is 199 g/mol. The molecule has 0 spiro atoms. The van der Waals surface area contributed by atoms with E-state index in [0.717, 1.165) is 0 Å². The predicted molar refractivity (Wildman–Crippen MR) is 47.5 cm³/mol. The first-order chi connectivity index (χ1) is 5.65. The first-order valence-corrected chi connectivity index (χ1v) is 4.08. The molecular formula is C7H8Cl2N2O. The molecule has 3 nitrogen and oxygen atoms in total.